The van der Waals surface area contributed by atoms with Crippen LogP contribution in [0.15, 0.2) is 24.3 Å². The lowest BCUT2D eigenvalue weighted by molar-refractivity contribution is 0.0600. The number of likely N-dealkylation sites (tertiary alicyclic amines) is 1. The van der Waals surface area contributed by atoms with Crippen LogP contribution < -0.4 is 0 Å². The van der Waals surface area contributed by atoms with Crippen LogP contribution in [-0.2, 0) is 4.74 Å². The second kappa shape index (κ2) is 10.9. The minimum atomic E-state index is -0.257. The van der Waals surface area contributed by atoms with E-state index in [0.29, 0.717) is 11.5 Å². The average molecular weight is 396 g/mol. The van der Waals surface area contributed by atoms with Gasteiger partial charge in [-0.3, -0.25) is 0 Å². The van der Waals surface area contributed by atoms with Gasteiger partial charge in [0, 0.05) is 5.33 Å². The maximum atomic E-state index is 11.5. The van der Waals surface area contributed by atoms with Gasteiger partial charge in [-0.2, -0.15) is 0 Å². The molecule has 0 unspecified atom stereocenters. The number of piperidine rings is 1. The van der Waals surface area contributed by atoms with Crippen molar-refractivity contribution in [3.63, 3.8) is 0 Å². The maximum absolute atomic E-state index is 11.5. The van der Waals surface area contributed by atoms with Crippen molar-refractivity contribution >= 4 is 21.9 Å². The van der Waals surface area contributed by atoms with Crippen LogP contribution in [0.5, 0.6) is 0 Å². The molecule has 4 heteroatoms. The molecule has 0 N–H and O–H groups in total. The molecule has 0 bridgehead atoms. The molecule has 0 radical (unpaired) electrons. The van der Waals surface area contributed by atoms with E-state index in [2.05, 4.69) is 33.0 Å². The maximum Gasteiger partial charge on any atom is 0.337 e. The molecule has 1 aliphatic heterocycles. The molecule has 24 heavy (non-hydrogen) atoms. The third-order valence-corrected chi connectivity index (χ3v) is 5.56. The molecule has 1 aromatic carbocycles. The molecule has 1 saturated heterocycles. The topological polar surface area (TPSA) is 29.5 Å². The van der Waals surface area contributed by atoms with Gasteiger partial charge in [-0.25, -0.2) is 4.79 Å². The zero-order valence-corrected chi connectivity index (χ0v) is 16.4. The summed E-state index contributed by atoms with van der Waals surface area (Å²) in [6.07, 6.45) is 9.18. The van der Waals surface area contributed by atoms with E-state index < -0.39 is 0 Å². The summed E-state index contributed by atoms with van der Waals surface area (Å²) in [6, 6.07) is 7.97. The first-order valence-electron chi connectivity index (χ1n) is 9.21. The first-order chi connectivity index (χ1) is 11.7. The summed E-state index contributed by atoms with van der Waals surface area (Å²) in [6.45, 7) is 3.65. The van der Waals surface area contributed by atoms with E-state index in [0.717, 1.165) is 5.33 Å². The summed E-state index contributed by atoms with van der Waals surface area (Å²) in [7, 11) is 1.42. The number of carbonyl (C=O) groups excluding carboxylic acids is 1. The van der Waals surface area contributed by atoms with Crippen molar-refractivity contribution in [1.82, 2.24) is 4.90 Å². The van der Waals surface area contributed by atoms with E-state index in [1.54, 1.807) is 0 Å². The Hall–Kier alpha value is -0.870. The number of hydrogen-bond donors (Lipinski definition) is 0. The fourth-order valence-electron chi connectivity index (χ4n) is 3.46. The largest absolute Gasteiger partial charge is 0.465 e. The highest BCUT2D eigenvalue weighted by Gasteiger charge is 2.20. The number of esters is 1. The van der Waals surface area contributed by atoms with Gasteiger partial charge in [-0.1, -0.05) is 47.3 Å². The smallest absolute Gasteiger partial charge is 0.337 e. The van der Waals surface area contributed by atoms with Crippen LogP contribution in [0.1, 0.15) is 66.8 Å². The van der Waals surface area contributed by atoms with Crippen LogP contribution in [0.2, 0.25) is 0 Å². The van der Waals surface area contributed by atoms with E-state index in [4.69, 9.17) is 4.74 Å². The number of halogens is 1. The molecule has 134 valence electrons. The Kier molecular flexibility index (Phi) is 8.82. The molecule has 1 aliphatic rings. The van der Waals surface area contributed by atoms with Gasteiger partial charge in [0.05, 0.1) is 12.7 Å². The van der Waals surface area contributed by atoms with Crippen molar-refractivity contribution in [2.75, 3.05) is 32.1 Å². The van der Waals surface area contributed by atoms with Gasteiger partial charge in [0.25, 0.3) is 0 Å². The lowest BCUT2D eigenvalue weighted by Gasteiger charge is -2.32. The second-order valence-electron chi connectivity index (χ2n) is 6.69. The molecule has 1 fully saturated rings. The van der Waals surface area contributed by atoms with Crippen LogP contribution in [0.25, 0.3) is 0 Å². The second-order valence-corrected chi connectivity index (χ2v) is 7.48. The number of hydrogen-bond acceptors (Lipinski definition) is 3. The van der Waals surface area contributed by atoms with Gasteiger partial charge in [0.1, 0.15) is 0 Å². The first-order valence-corrected chi connectivity index (χ1v) is 10.3. The summed E-state index contributed by atoms with van der Waals surface area (Å²) in [4.78, 5) is 14.1. The Morgan fingerprint density at radius 3 is 2.33 bits per heavy atom. The van der Waals surface area contributed by atoms with E-state index >= 15 is 0 Å². The minimum Gasteiger partial charge on any atom is -0.465 e. The predicted molar refractivity (Wildman–Crippen MR) is 103 cm³/mol. The number of methoxy groups -OCH3 is 1. The van der Waals surface area contributed by atoms with Crippen LogP contribution >= 0.6 is 15.9 Å². The van der Waals surface area contributed by atoms with Crippen molar-refractivity contribution in [1.29, 1.82) is 0 Å². The summed E-state index contributed by atoms with van der Waals surface area (Å²) >= 11 is 3.49. The zero-order valence-electron chi connectivity index (χ0n) is 14.8. The number of carbonyl (C=O) groups is 1. The lowest BCUT2D eigenvalue weighted by atomic mass is 9.89. The fourth-order valence-corrected chi connectivity index (χ4v) is 3.86. The van der Waals surface area contributed by atoms with Crippen LogP contribution in [0.4, 0.5) is 0 Å². The molecule has 2 rings (SSSR count). The Labute approximate surface area is 154 Å². The zero-order chi connectivity index (χ0) is 17.2. The van der Waals surface area contributed by atoms with Crippen molar-refractivity contribution in [3.05, 3.63) is 35.4 Å². The van der Waals surface area contributed by atoms with E-state index in [1.165, 1.54) is 77.3 Å². The number of rotatable bonds is 9. The molecule has 0 amide bonds. The van der Waals surface area contributed by atoms with E-state index in [9.17, 15) is 4.79 Å². The third-order valence-electron chi connectivity index (χ3n) is 5.00. The molecular formula is C20H30BrNO2. The molecule has 0 spiro atoms. The van der Waals surface area contributed by atoms with Crippen molar-refractivity contribution in [2.24, 2.45) is 0 Å². The summed E-state index contributed by atoms with van der Waals surface area (Å²) in [5.74, 6) is 0.374. The SMILES string of the molecule is COC(=O)c1ccc(C2CCN(CCCCCCCBr)CC2)cc1. The first kappa shape index (κ1) is 19.5. The average Bonchev–Trinajstić information content (AvgIpc) is 2.64. The summed E-state index contributed by atoms with van der Waals surface area (Å²) in [5, 5.41) is 1.14. The van der Waals surface area contributed by atoms with Crippen LogP contribution in [0, 0.1) is 0 Å². The Morgan fingerprint density at radius 1 is 1.08 bits per heavy atom. The number of unbranched alkanes of at least 4 members (excludes halogenated alkanes) is 4. The molecule has 0 aromatic heterocycles. The monoisotopic (exact) mass is 395 g/mol. The summed E-state index contributed by atoms with van der Waals surface area (Å²) in [5.41, 5.74) is 2.00. The minimum absolute atomic E-state index is 0.257. The highest BCUT2D eigenvalue weighted by atomic mass is 79.9. The highest BCUT2D eigenvalue weighted by Crippen LogP contribution is 2.28. The third kappa shape index (κ3) is 6.21. The Bertz CT molecular complexity index is 481. The molecule has 1 aromatic rings. The number of alkyl halides is 1. The number of nitrogens with zero attached hydrogens (tertiary/aromatic N) is 1. The van der Waals surface area contributed by atoms with Gasteiger partial charge < -0.3 is 9.64 Å². The van der Waals surface area contributed by atoms with Gasteiger partial charge in [-0.15, -0.1) is 0 Å². The fraction of sp³-hybridized carbons (Fsp3) is 0.650. The van der Waals surface area contributed by atoms with E-state index in [1.807, 2.05) is 12.1 Å². The molecular weight excluding hydrogens is 366 g/mol. The standard InChI is InChI=1S/C20H30BrNO2/c1-24-20(23)19-9-7-17(8-10-19)18-11-15-22(16-12-18)14-6-4-2-3-5-13-21/h7-10,18H,2-6,11-16H2,1H3. The van der Waals surface area contributed by atoms with Gasteiger partial charge >= 0.3 is 5.97 Å². The van der Waals surface area contributed by atoms with Crippen LogP contribution in [0.3, 0.4) is 0 Å². The van der Waals surface area contributed by atoms with Gasteiger partial charge in [0.15, 0.2) is 0 Å². The quantitative estimate of drug-likeness (QED) is 0.334. The normalized spacial score (nSPS) is 16.2. The van der Waals surface area contributed by atoms with E-state index in [-0.39, 0.29) is 5.97 Å². The molecule has 3 nitrogen and oxygen atoms in total. The number of ether oxygens (including phenoxy) is 1. The van der Waals surface area contributed by atoms with Gasteiger partial charge in [0.2, 0.25) is 0 Å². The number of benzene rings is 1. The van der Waals surface area contributed by atoms with Crippen molar-refractivity contribution in [2.45, 2.75) is 50.9 Å². The van der Waals surface area contributed by atoms with Crippen LogP contribution in [-0.4, -0.2) is 42.9 Å². The molecule has 0 atom stereocenters. The Morgan fingerprint density at radius 2 is 1.71 bits per heavy atom. The molecule has 1 heterocycles. The summed E-state index contributed by atoms with van der Waals surface area (Å²) < 4.78 is 4.76. The van der Waals surface area contributed by atoms with Crippen molar-refractivity contribution < 1.29 is 9.53 Å². The van der Waals surface area contributed by atoms with Crippen molar-refractivity contribution in [3.8, 4) is 0 Å². The lowest BCUT2D eigenvalue weighted by Crippen LogP contribution is -2.33. The Balaban J connectivity index is 1.68. The molecule has 0 saturated carbocycles. The highest BCUT2D eigenvalue weighted by molar-refractivity contribution is 9.09. The van der Waals surface area contributed by atoms with Gasteiger partial charge in [-0.05, 0) is 68.9 Å². The molecule has 0 aliphatic carbocycles. The predicted octanol–water partition coefficient (Wildman–Crippen LogP) is 5.00.